The highest BCUT2D eigenvalue weighted by molar-refractivity contribution is 6.32. The van der Waals surface area contributed by atoms with E-state index in [2.05, 4.69) is 18.9 Å². The number of para-hydroxylation sites is 2. The largest absolute Gasteiger partial charge is 0.493 e. The van der Waals surface area contributed by atoms with E-state index < -0.39 is 0 Å². The Morgan fingerprint density at radius 2 is 1.53 bits per heavy atom. The molecule has 0 fully saturated rings. The first-order valence-corrected chi connectivity index (χ1v) is 12.0. The smallest absolute Gasteiger partial charge is 0.280 e. The average molecular weight is 477 g/mol. The first-order valence-electron chi connectivity index (χ1n) is 12.0. The van der Waals surface area contributed by atoms with Crippen molar-refractivity contribution in [2.75, 3.05) is 11.6 Å². The number of carbonyl (C=O) groups excluding carboxylic acids is 1. The van der Waals surface area contributed by atoms with Crippen molar-refractivity contribution < 1.29 is 9.53 Å². The lowest BCUT2D eigenvalue weighted by molar-refractivity contribution is -0.114. The molecular weight excluding hydrogens is 448 g/mol. The highest BCUT2D eigenvalue weighted by atomic mass is 16.5. The fourth-order valence-corrected chi connectivity index (χ4v) is 3.99. The zero-order chi connectivity index (χ0) is 25.1. The third-order valence-corrected chi connectivity index (χ3v) is 5.84. The van der Waals surface area contributed by atoms with Crippen molar-refractivity contribution in [3.63, 3.8) is 0 Å². The van der Waals surface area contributed by atoms with Gasteiger partial charge in [-0.3, -0.25) is 4.79 Å². The van der Waals surface area contributed by atoms with Crippen molar-refractivity contribution in [1.29, 1.82) is 0 Å². The lowest BCUT2D eigenvalue weighted by Gasteiger charge is -2.11. The Bertz CT molecular complexity index is 1420. The van der Waals surface area contributed by atoms with Gasteiger partial charge in [-0.2, -0.15) is 15.2 Å². The van der Waals surface area contributed by atoms with Gasteiger partial charge < -0.3 is 4.74 Å². The van der Waals surface area contributed by atoms with Crippen molar-refractivity contribution in [3.8, 4) is 22.7 Å². The topological polar surface area (TPSA) is 59.7 Å². The molecule has 4 aromatic rings. The SMILES string of the molecule is CC1=NN(c2ccccc2)C(=O)/C1=C\c1cn(-c2ccccc2)nc1-c1ccc(OCC(C)C)cc1. The second-order valence-electron chi connectivity index (χ2n) is 9.14. The molecule has 0 atom stereocenters. The fraction of sp³-hybridized carbons (Fsp3) is 0.167. The lowest BCUT2D eigenvalue weighted by atomic mass is 10.0. The van der Waals surface area contributed by atoms with Crippen LogP contribution in [-0.4, -0.2) is 28.0 Å². The van der Waals surface area contributed by atoms with E-state index in [1.165, 1.54) is 5.01 Å². The van der Waals surface area contributed by atoms with Gasteiger partial charge in [0.2, 0.25) is 0 Å². The lowest BCUT2D eigenvalue weighted by Crippen LogP contribution is -2.21. The summed E-state index contributed by atoms with van der Waals surface area (Å²) in [4.78, 5) is 13.3. The van der Waals surface area contributed by atoms with Crippen molar-refractivity contribution in [2.45, 2.75) is 20.8 Å². The molecule has 0 spiro atoms. The molecule has 1 aromatic heterocycles. The molecular formula is C30H28N4O2. The molecule has 36 heavy (non-hydrogen) atoms. The van der Waals surface area contributed by atoms with Crippen LogP contribution < -0.4 is 9.75 Å². The second kappa shape index (κ2) is 10.0. The fourth-order valence-electron chi connectivity index (χ4n) is 3.99. The summed E-state index contributed by atoms with van der Waals surface area (Å²) in [6.07, 6.45) is 3.83. The monoisotopic (exact) mass is 476 g/mol. The van der Waals surface area contributed by atoms with E-state index in [4.69, 9.17) is 9.84 Å². The summed E-state index contributed by atoms with van der Waals surface area (Å²) in [5.74, 6) is 1.12. The minimum atomic E-state index is -0.158. The van der Waals surface area contributed by atoms with Gasteiger partial charge in [0.25, 0.3) is 5.91 Å². The predicted molar refractivity (Wildman–Crippen MR) is 144 cm³/mol. The van der Waals surface area contributed by atoms with Gasteiger partial charge in [-0.05, 0) is 67.4 Å². The predicted octanol–water partition coefficient (Wildman–Crippen LogP) is 6.38. The number of hydrogen-bond donors (Lipinski definition) is 0. The third-order valence-electron chi connectivity index (χ3n) is 5.84. The van der Waals surface area contributed by atoms with Crippen LogP contribution in [-0.2, 0) is 4.79 Å². The van der Waals surface area contributed by atoms with Crippen LogP contribution in [0.25, 0.3) is 23.0 Å². The summed E-state index contributed by atoms with van der Waals surface area (Å²) in [5.41, 5.74) is 5.44. The summed E-state index contributed by atoms with van der Waals surface area (Å²) >= 11 is 0. The van der Waals surface area contributed by atoms with E-state index in [1.54, 1.807) is 0 Å². The van der Waals surface area contributed by atoms with E-state index in [0.717, 1.165) is 33.9 Å². The van der Waals surface area contributed by atoms with Crippen LogP contribution in [0.5, 0.6) is 5.75 Å². The van der Waals surface area contributed by atoms with E-state index >= 15 is 0 Å². The molecule has 5 rings (SSSR count). The van der Waals surface area contributed by atoms with Crippen molar-refractivity contribution in [3.05, 3.63) is 102 Å². The van der Waals surface area contributed by atoms with Gasteiger partial charge in [0, 0.05) is 17.3 Å². The summed E-state index contributed by atoms with van der Waals surface area (Å²) < 4.78 is 7.69. The molecule has 0 saturated heterocycles. The molecule has 0 aliphatic carbocycles. The number of hydrazone groups is 1. The molecule has 1 amide bonds. The first kappa shape index (κ1) is 23.3. The second-order valence-corrected chi connectivity index (χ2v) is 9.14. The molecule has 180 valence electrons. The van der Waals surface area contributed by atoms with Gasteiger partial charge in [0.15, 0.2) is 0 Å². The number of amides is 1. The maximum atomic E-state index is 13.3. The van der Waals surface area contributed by atoms with Crippen LogP contribution in [0.15, 0.2) is 102 Å². The normalized spacial score (nSPS) is 14.6. The first-order chi connectivity index (χ1) is 17.5. The zero-order valence-electron chi connectivity index (χ0n) is 20.6. The molecule has 0 N–H and O–H groups in total. The van der Waals surface area contributed by atoms with Crippen molar-refractivity contribution >= 4 is 23.4 Å². The minimum absolute atomic E-state index is 0.158. The molecule has 0 radical (unpaired) electrons. The molecule has 2 heterocycles. The van der Waals surface area contributed by atoms with Crippen LogP contribution in [0.3, 0.4) is 0 Å². The Morgan fingerprint density at radius 1 is 0.889 bits per heavy atom. The molecule has 0 bridgehead atoms. The van der Waals surface area contributed by atoms with E-state index in [9.17, 15) is 4.79 Å². The Balaban J connectivity index is 1.53. The van der Waals surface area contributed by atoms with Crippen molar-refractivity contribution in [2.24, 2.45) is 11.0 Å². The Labute approximate surface area is 211 Å². The number of nitrogens with zero attached hydrogens (tertiary/aromatic N) is 4. The molecule has 0 unspecified atom stereocenters. The maximum Gasteiger partial charge on any atom is 0.280 e. The van der Waals surface area contributed by atoms with Gasteiger partial charge >= 0.3 is 0 Å². The summed E-state index contributed by atoms with van der Waals surface area (Å²) in [7, 11) is 0. The number of carbonyl (C=O) groups is 1. The standard InChI is InChI=1S/C30H28N4O2/c1-21(2)20-36-27-16-14-23(15-17-27)29-24(19-33(32-29)25-10-6-4-7-11-25)18-28-22(3)31-34(30(28)35)26-12-8-5-9-13-26/h4-19,21H,20H2,1-3H3/b28-18-. The Kier molecular flexibility index (Phi) is 6.50. The number of aromatic nitrogens is 2. The van der Waals surface area contributed by atoms with Gasteiger partial charge in [-0.1, -0.05) is 50.2 Å². The molecule has 6 heteroatoms. The minimum Gasteiger partial charge on any atom is -0.493 e. The van der Waals surface area contributed by atoms with Gasteiger partial charge in [-0.15, -0.1) is 0 Å². The maximum absolute atomic E-state index is 13.3. The highest BCUT2D eigenvalue weighted by Gasteiger charge is 2.29. The van der Waals surface area contributed by atoms with Gasteiger partial charge in [0.1, 0.15) is 5.75 Å². The van der Waals surface area contributed by atoms with Crippen LogP contribution >= 0.6 is 0 Å². The van der Waals surface area contributed by atoms with Crippen LogP contribution in [0, 0.1) is 5.92 Å². The van der Waals surface area contributed by atoms with Crippen molar-refractivity contribution in [1.82, 2.24) is 9.78 Å². The average Bonchev–Trinajstić information content (AvgIpc) is 3.45. The van der Waals surface area contributed by atoms with Crippen LogP contribution in [0.4, 0.5) is 5.69 Å². The Hall–Kier alpha value is -4.45. The number of hydrogen-bond acceptors (Lipinski definition) is 4. The summed E-state index contributed by atoms with van der Waals surface area (Å²) in [5, 5.41) is 10.9. The summed E-state index contributed by atoms with van der Waals surface area (Å²) in [6.45, 7) is 6.77. The summed E-state index contributed by atoms with van der Waals surface area (Å²) in [6, 6.07) is 27.3. The molecule has 1 aliphatic heterocycles. The highest BCUT2D eigenvalue weighted by Crippen LogP contribution is 2.30. The van der Waals surface area contributed by atoms with Crippen LogP contribution in [0.2, 0.25) is 0 Å². The molecule has 1 aliphatic rings. The molecule has 3 aromatic carbocycles. The van der Waals surface area contributed by atoms with E-state index in [-0.39, 0.29) is 5.91 Å². The number of anilines is 1. The van der Waals surface area contributed by atoms with Gasteiger partial charge in [-0.25, -0.2) is 4.68 Å². The molecule has 6 nitrogen and oxygen atoms in total. The van der Waals surface area contributed by atoms with E-state index in [0.29, 0.717) is 23.8 Å². The number of ether oxygens (including phenoxy) is 1. The quantitative estimate of drug-likeness (QED) is 0.291. The van der Waals surface area contributed by atoms with E-state index in [1.807, 2.05) is 109 Å². The van der Waals surface area contributed by atoms with Crippen LogP contribution in [0.1, 0.15) is 26.3 Å². The zero-order valence-corrected chi connectivity index (χ0v) is 20.6. The number of rotatable bonds is 7. The van der Waals surface area contributed by atoms with Gasteiger partial charge in [0.05, 0.1) is 35.0 Å². The molecule has 0 saturated carbocycles. The number of benzene rings is 3. The Morgan fingerprint density at radius 3 is 2.17 bits per heavy atom. The third kappa shape index (κ3) is 4.84.